The number of aliphatic hydroxyl groups excluding tert-OH is 1. The molecule has 3 heterocycles. The summed E-state index contributed by atoms with van der Waals surface area (Å²) in [5.41, 5.74) is 2.09. The van der Waals surface area contributed by atoms with Crippen molar-refractivity contribution in [2.24, 2.45) is 11.1 Å². The number of nitrogens with zero attached hydrogens (tertiary/aromatic N) is 4. The highest BCUT2D eigenvalue weighted by Gasteiger charge is 2.29. The summed E-state index contributed by atoms with van der Waals surface area (Å²) >= 11 is 1.24. The number of hydrogen-bond donors (Lipinski definition) is 1. The molecule has 2 atom stereocenters. The lowest BCUT2D eigenvalue weighted by atomic mass is 9.87. The van der Waals surface area contributed by atoms with Crippen LogP contribution < -0.4 is 5.56 Å². The number of aliphatic hydroxyl groups is 1. The minimum atomic E-state index is -0.586. The smallest absolute Gasteiger partial charge is 0.257 e. The number of piperidine rings is 1. The molecule has 0 spiro atoms. The zero-order valence-corrected chi connectivity index (χ0v) is 17.6. The van der Waals surface area contributed by atoms with Gasteiger partial charge < -0.3 is 10.0 Å². The van der Waals surface area contributed by atoms with Crippen molar-refractivity contribution in [2.45, 2.75) is 49.4 Å². The highest BCUT2D eigenvalue weighted by Crippen LogP contribution is 2.32. The summed E-state index contributed by atoms with van der Waals surface area (Å²) in [6, 6.07) is 6.05. The van der Waals surface area contributed by atoms with Crippen molar-refractivity contribution in [2.75, 3.05) is 19.6 Å². The van der Waals surface area contributed by atoms with Crippen molar-refractivity contribution in [3.8, 4) is 0 Å². The van der Waals surface area contributed by atoms with Gasteiger partial charge in [0.15, 0.2) is 10.5 Å². The van der Waals surface area contributed by atoms with Gasteiger partial charge in [-0.2, -0.15) is 0 Å². The van der Waals surface area contributed by atoms with Gasteiger partial charge in [-0.3, -0.25) is 9.36 Å². The summed E-state index contributed by atoms with van der Waals surface area (Å²) in [5, 5.41) is 13.7. The average Bonchev–Trinajstić information content (AvgIpc) is 3.17. The topological polar surface area (TPSA) is 87.8 Å². The van der Waals surface area contributed by atoms with Crippen LogP contribution in [0.15, 0.2) is 39.4 Å². The molecule has 0 amide bonds. The second-order valence-corrected chi connectivity index (χ2v) is 9.12. The fourth-order valence-electron chi connectivity index (χ4n) is 4.28. The van der Waals surface area contributed by atoms with Crippen molar-refractivity contribution in [1.29, 1.82) is 0 Å². The van der Waals surface area contributed by atoms with Crippen LogP contribution in [0.1, 0.15) is 35.8 Å². The second kappa shape index (κ2) is 8.95. The van der Waals surface area contributed by atoms with Crippen LogP contribution in [0.25, 0.3) is 0 Å². The summed E-state index contributed by atoms with van der Waals surface area (Å²) in [6.45, 7) is 4.56. The highest BCUT2D eigenvalue weighted by molar-refractivity contribution is 7.99. The Kier molecular flexibility index (Phi) is 6.31. The SMILES string of the molecule is Cc1nc2n(c(=O)c1CCN1CCC(C(O)c3ccc(F)cc3)CC1)CC(N=O)S2. The number of nitroso groups, excluding NO2 is 1. The number of aryl methyl sites for hydroxylation is 1. The van der Waals surface area contributed by atoms with Gasteiger partial charge >= 0.3 is 0 Å². The monoisotopic (exact) mass is 432 g/mol. The number of likely N-dealkylation sites (tertiary alicyclic amines) is 1. The number of thioether (sulfide) groups is 1. The molecule has 9 heteroatoms. The average molecular weight is 433 g/mol. The number of rotatable bonds is 6. The van der Waals surface area contributed by atoms with E-state index >= 15 is 0 Å². The summed E-state index contributed by atoms with van der Waals surface area (Å²) < 4.78 is 14.7. The van der Waals surface area contributed by atoms with Crippen molar-refractivity contribution in [3.63, 3.8) is 0 Å². The standard InChI is InChI=1S/C21H25FN4O3S/c1-13-17(20(28)26-12-18(24-29)30-21(26)23-13)8-11-25-9-6-15(7-10-25)19(27)14-2-4-16(22)5-3-14/h2-5,15,18-19,27H,6-12H2,1H3. The molecule has 7 nitrogen and oxygen atoms in total. The van der Waals surface area contributed by atoms with Crippen molar-refractivity contribution >= 4 is 11.8 Å². The van der Waals surface area contributed by atoms with E-state index in [2.05, 4.69) is 15.1 Å². The molecular weight excluding hydrogens is 407 g/mol. The zero-order chi connectivity index (χ0) is 21.3. The minimum Gasteiger partial charge on any atom is -0.388 e. The van der Waals surface area contributed by atoms with Crippen molar-refractivity contribution in [1.82, 2.24) is 14.5 Å². The van der Waals surface area contributed by atoms with Gasteiger partial charge in [0.1, 0.15) is 5.82 Å². The number of fused-ring (bicyclic) bond motifs is 1. The zero-order valence-electron chi connectivity index (χ0n) is 16.8. The lowest BCUT2D eigenvalue weighted by Crippen LogP contribution is -2.38. The third kappa shape index (κ3) is 4.33. The quantitative estimate of drug-likeness (QED) is 0.558. The van der Waals surface area contributed by atoms with Gasteiger partial charge in [0.05, 0.1) is 12.6 Å². The largest absolute Gasteiger partial charge is 0.388 e. The molecule has 1 N–H and O–H groups in total. The molecule has 30 heavy (non-hydrogen) atoms. The van der Waals surface area contributed by atoms with Gasteiger partial charge in [0.25, 0.3) is 5.56 Å². The van der Waals surface area contributed by atoms with E-state index in [9.17, 15) is 19.2 Å². The van der Waals surface area contributed by atoms with Crippen LogP contribution in [0.5, 0.6) is 0 Å². The van der Waals surface area contributed by atoms with E-state index < -0.39 is 11.5 Å². The lowest BCUT2D eigenvalue weighted by molar-refractivity contribution is 0.0591. The fourth-order valence-corrected chi connectivity index (χ4v) is 5.26. The first-order valence-electron chi connectivity index (χ1n) is 10.2. The first kappa shape index (κ1) is 21.1. The van der Waals surface area contributed by atoms with Crippen LogP contribution in [0.2, 0.25) is 0 Å². The molecule has 0 saturated carbocycles. The van der Waals surface area contributed by atoms with Gasteiger partial charge in [-0.15, -0.1) is 4.91 Å². The first-order chi connectivity index (χ1) is 14.5. The van der Waals surface area contributed by atoms with E-state index in [1.807, 2.05) is 6.92 Å². The molecule has 1 aromatic carbocycles. The highest BCUT2D eigenvalue weighted by atomic mass is 32.2. The molecule has 1 saturated heterocycles. The number of aromatic nitrogens is 2. The Bertz CT molecular complexity index is 973. The molecule has 160 valence electrons. The van der Waals surface area contributed by atoms with E-state index in [-0.39, 0.29) is 23.8 Å². The lowest BCUT2D eigenvalue weighted by Gasteiger charge is -2.34. The molecule has 2 aliphatic heterocycles. The van der Waals surface area contributed by atoms with E-state index in [0.717, 1.165) is 38.0 Å². The van der Waals surface area contributed by atoms with E-state index in [4.69, 9.17) is 0 Å². The number of halogens is 1. The van der Waals surface area contributed by atoms with E-state index in [1.54, 1.807) is 16.7 Å². The van der Waals surface area contributed by atoms with Crippen LogP contribution in [0, 0.1) is 23.6 Å². The molecule has 2 unspecified atom stereocenters. The molecular formula is C21H25FN4O3S. The van der Waals surface area contributed by atoms with Crippen LogP contribution in [-0.2, 0) is 13.0 Å². The van der Waals surface area contributed by atoms with Gasteiger partial charge in [-0.05, 0) is 62.9 Å². The van der Waals surface area contributed by atoms with Crippen LogP contribution in [0.4, 0.5) is 4.39 Å². The molecule has 2 aliphatic rings. The third-order valence-electron chi connectivity index (χ3n) is 6.10. The molecule has 0 aliphatic carbocycles. The Balaban J connectivity index is 1.34. The predicted octanol–water partition coefficient (Wildman–Crippen LogP) is 2.88. The molecule has 1 aromatic heterocycles. The summed E-state index contributed by atoms with van der Waals surface area (Å²) in [4.78, 5) is 30.4. The number of hydrogen-bond acceptors (Lipinski definition) is 7. The maximum atomic E-state index is 13.1. The summed E-state index contributed by atoms with van der Waals surface area (Å²) in [6.07, 6.45) is 1.72. The molecule has 2 aromatic rings. The normalized spacial score (nSPS) is 20.8. The minimum absolute atomic E-state index is 0.0715. The van der Waals surface area contributed by atoms with Crippen molar-refractivity contribution in [3.05, 3.63) is 62.2 Å². The van der Waals surface area contributed by atoms with Gasteiger partial charge in [-0.25, -0.2) is 9.37 Å². The van der Waals surface area contributed by atoms with Gasteiger partial charge in [-0.1, -0.05) is 29.1 Å². The van der Waals surface area contributed by atoms with E-state index in [0.29, 0.717) is 22.8 Å². The van der Waals surface area contributed by atoms with Crippen LogP contribution in [0.3, 0.4) is 0 Å². The maximum Gasteiger partial charge on any atom is 0.257 e. The fraction of sp³-hybridized carbons (Fsp3) is 0.524. The Morgan fingerprint density at radius 2 is 2.00 bits per heavy atom. The third-order valence-corrected chi connectivity index (χ3v) is 7.13. The molecule has 0 bridgehead atoms. The second-order valence-electron chi connectivity index (χ2n) is 7.98. The first-order valence-corrected chi connectivity index (χ1v) is 11.1. The van der Waals surface area contributed by atoms with Crippen LogP contribution in [-0.4, -0.2) is 44.6 Å². The Morgan fingerprint density at radius 1 is 1.30 bits per heavy atom. The van der Waals surface area contributed by atoms with Crippen molar-refractivity contribution < 1.29 is 9.50 Å². The van der Waals surface area contributed by atoms with Crippen LogP contribution >= 0.6 is 11.8 Å². The molecule has 4 rings (SSSR count). The number of benzene rings is 1. The summed E-state index contributed by atoms with van der Waals surface area (Å²) in [7, 11) is 0. The van der Waals surface area contributed by atoms with Gasteiger partial charge in [0.2, 0.25) is 0 Å². The molecule has 1 fully saturated rings. The summed E-state index contributed by atoms with van der Waals surface area (Å²) in [5.74, 6) is -0.157. The predicted molar refractivity (Wildman–Crippen MR) is 113 cm³/mol. The Hall–Kier alpha value is -2.10. The Labute approximate surface area is 178 Å². The maximum absolute atomic E-state index is 13.1. The molecule has 0 radical (unpaired) electrons. The van der Waals surface area contributed by atoms with E-state index in [1.165, 1.54) is 23.9 Å². The Morgan fingerprint density at radius 3 is 2.67 bits per heavy atom. The van der Waals surface area contributed by atoms with Gasteiger partial charge in [0, 0.05) is 17.8 Å².